The van der Waals surface area contributed by atoms with Gasteiger partial charge in [-0.25, -0.2) is 9.97 Å². The number of nitrogens with zero attached hydrogens (tertiary/aromatic N) is 5. The first-order chi connectivity index (χ1) is 9.99. The van der Waals surface area contributed by atoms with Crippen LogP contribution in [0.4, 0.5) is 5.95 Å². The molecule has 0 radical (unpaired) electrons. The molecule has 0 amide bonds. The van der Waals surface area contributed by atoms with Gasteiger partial charge in [0.2, 0.25) is 5.95 Å². The van der Waals surface area contributed by atoms with E-state index in [0.717, 1.165) is 37.7 Å². The van der Waals surface area contributed by atoms with E-state index in [1.807, 2.05) is 31.4 Å². The van der Waals surface area contributed by atoms with Crippen LogP contribution >= 0.6 is 0 Å². The minimum Gasteiger partial charge on any atom is -0.396 e. The van der Waals surface area contributed by atoms with Crippen molar-refractivity contribution in [1.82, 2.24) is 19.8 Å². The summed E-state index contributed by atoms with van der Waals surface area (Å²) in [6, 6.07) is 0. The third-order valence-corrected chi connectivity index (χ3v) is 3.98. The molecule has 1 saturated heterocycles. The smallest absolute Gasteiger partial charge is 0.224 e. The Balaban J connectivity index is 1.94. The molecular formula is C15H27N5O. The van der Waals surface area contributed by atoms with Gasteiger partial charge in [0.25, 0.3) is 0 Å². The van der Waals surface area contributed by atoms with Gasteiger partial charge in [-0.3, -0.25) is 4.90 Å². The van der Waals surface area contributed by atoms with Gasteiger partial charge in [-0.05, 0) is 25.9 Å². The Hall–Kier alpha value is -1.24. The zero-order valence-corrected chi connectivity index (χ0v) is 13.5. The normalized spacial score (nSPS) is 23.0. The summed E-state index contributed by atoms with van der Waals surface area (Å²) in [5.41, 5.74) is 1.13. The van der Waals surface area contributed by atoms with Crippen LogP contribution in [0.3, 0.4) is 0 Å². The van der Waals surface area contributed by atoms with Crippen LogP contribution in [-0.4, -0.2) is 79.3 Å². The maximum atomic E-state index is 9.56. The molecule has 6 heteroatoms. The van der Waals surface area contributed by atoms with Gasteiger partial charge in [-0.15, -0.1) is 0 Å². The van der Waals surface area contributed by atoms with Crippen molar-refractivity contribution in [2.24, 2.45) is 11.8 Å². The summed E-state index contributed by atoms with van der Waals surface area (Å²) in [4.78, 5) is 15.2. The second-order valence-electron chi connectivity index (χ2n) is 6.44. The van der Waals surface area contributed by atoms with Crippen LogP contribution in [0, 0.1) is 11.8 Å². The number of aliphatic hydroxyl groups is 1. The molecule has 0 unspecified atom stereocenters. The lowest BCUT2D eigenvalue weighted by molar-refractivity contribution is 0.183. The SMILES string of the molecule is CN(C)C[C@@H]1CN(Cc2cnc(N(C)C)nc2)C[C@@H]1CO. The fraction of sp³-hybridized carbons (Fsp3) is 0.733. The van der Waals surface area contributed by atoms with E-state index in [0.29, 0.717) is 11.8 Å². The van der Waals surface area contributed by atoms with E-state index < -0.39 is 0 Å². The van der Waals surface area contributed by atoms with Gasteiger partial charge in [0, 0.05) is 64.8 Å². The van der Waals surface area contributed by atoms with E-state index in [9.17, 15) is 5.11 Å². The number of likely N-dealkylation sites (tertiary alicyclic amines) is 1. The molecule has 6 nitrogen and oxygen atoms in total. The number of rotatable bonds is 6. The van der Waals surface area contributed by atoms with Crippen molar-refractivity contribution in [3.8, 4) is 0 Å². The molecule has 1 aliphatic rings. The molecule has 0 aromatic carbocycles. The fourth-order valence-corrected chi connectivity index (χ4v) is 2.97. The Morgan fingerprint density at radius 1 is 1.14 bits per heavy atom. The van der Waals surface area contributed by atoms with Gasteiger partial charge in [-0.1, -0.05) is 0 Å². The second kappa shape index (κ2) is 7.15. The highest BCUT2D eigenvalue weighted by atomic mass is 16.3. The molecule has 0 saturated carbocycles. The minimum absolute atomic E-state index is 0.269. The molecule has 1 fully saturated rings. The van der Waals surface area contributed by atoms with Gasteiger partial charge < -0.3 is 14.9 Å². The second-order valence-corrected chi connectivity index (χ2v) is 6.44. The maximum Gasteiger partial charge on any atom is 0.224 e. The highest BCUT2D eigenvalue weighted by Gasteiger charge is 2.32. The number of aliphatic hydroxyl groups excluding tert-OH is 1. The number of hydrogen-bond acceptors (Lipinski definition) is 6. The summed E-state index contributed by atoms with van der Waals surface area (Å²) in [6.45, 7) is 4.13. The summed E-state index contributed by atoms with van der Waals surface area (Å²) in [7, 11) is 8.05. The third kappa shape index (κ3) is 4.36. The number of aromatic nitrogens is 2. The van der Waals surface area contributed by atoms with Crippen molar-refractivity contribution in [2.75, 3.05) is 59.3 Å². The summed E-state index contributed by atoms with van der Waals surface area (Å²) in [5, 5.41) is 9.56. The molecule has 1 aliphatic heterocycles. The fourth-order valence-electron chi connectivity index (χ4n) is 2.97. The number of anilines is 1. The zero-order chi connectivity index (χ0) is 15.4. The summed E-state index contributed by atoms with van der Waals surface area (Å²) < 4.78 is 0. The Morgan fingerprint density at radius 3 is 2.29 bits per heavy atom. The molecule has 1 N–H and O–H groups in total. The molecule has 21 heavy (non-hydrogen) atoms. The van der Waals surface area contributed by atoms with Crippen molar-refractivity contribution < 1.29 is 5.11 Å². The molecule has 2 heterocycles. The molecule has 0 spiro atoms. The van der Waals surface area contributed by atoms with E-state index in [1.54, 1.807) is 0 Å². The molecule has 118 valence electrons. The topological polar surface area (TPSA) is 55.7 Å². The van der Waals surface area contributed by atoms with E-state index >= 15 is 0 Å². The highest BCUT2D eigenvalue weighted by molar-refractivity contribution is 5.26. The lowest BCUT2D eigenvalue weighted by Gasteiger charge is -2.20. The summed E-state index contributed by atoms with van der Waals surface area (Å²) in [6.07, 6.45) is 3.80. The maximum absolute atomic E-state index is 9.56. The van der Waals surface area contributed by atoms with Gasteiger partial charge >= 0.3 is 0 Å². The molecule has 1 aromatic rings. The van der Waals surface area contributed by atoms with Crippen LogP contribution in [0.5, 0.6) is 0 Å². The predicted octanol–water partition coefficient (Wildman–Crippen LogP) is 0.145. The largest absolute Gasteiger partial charge is 0.396 e. The average Bonchev–Trinajstić information content (AvgIpc) is 2.80. The van der Waals surface area contributed by atoms with Crippen molar-refractivity contribution in [3.63, 3.8) is 0 Å². The van der Waals surface area contributed by atoms with Crippen molar-refractivity contribution >= 4 is 5.95 Å². The molecular weight excluding hydrogens is 266 g/mol. The lowest BCUT2D eigenvalue weighted by Crippen LogP contribution is -2.28. The zero-order valence-electron chi connectivity index (χ0n) is 13.5. The van der Waals surface area contributed by atoms with Crippen molar-refractivity contribution in [1.29, 1.82) is 0 Å². The monoisotopic (exact) mass is 293 g/mol. The predicted molar refractivity (Wildman–Crippen MR) is 84.3 cm³/mol. The Kier molecular flexibility index (Phi) is 5.50. The van der Waals surface area contributed by atoms with Crippen LogP contribution in [-0.2, 0) is 6.54 Å². The van der Waals surface area contributed by atoms with E-state index in [2.05, 4.69) is 33.9 Å². The first-order valence-electron chi connectivity index (χ1n) is 7.45. The Labute approximate surface area is 127 Å². The van der Waals surface area contributed by atoms with Crippen LogP contribution in [0.2, 0.25) is 0 Å². The summed E-state index contributed by atoms with van der Waals surface area (Å²) in [5.74, 6) is 1.64. The Bertz CT molecular complexity index is 434. The van der Waals surface area contributed by atoms with Crippen LogP contribution in [0.1, 0.15) is 5.56 Å². The molecule has 0 bridgehead atoms. The first kappa shape index (κ1) is 16.1. The molecule has 2 atom stereocenters. The minimum atomic E-state index is 0.269. The standard InChI is InChI=1S/C15H27N5O/c1-18(2)8-13-9-20(10-14(13)11-21)7-12-5-16-15(17-6-12)19(3)4/h5-6,13-14,21H,7-11H2,1-4H3/t13-,14-/m1/s1. The van der Waals surface area contributed by atoms with Gasteiger partial charge in [-0.2, -0.15) is 0 Å². The number of hydrogen-bond donors (Lipinski definition) is 1. The van der Waals surface area contributed by atoms with Gasteiger partial charge in [0.1, 0.15) is 0 Å². The van der Waals surface area contributed by atoms with Gasteiger partial charge in [0.15, 0.2) is 0 Å². The molecule has 1 aromatic heterocycles. The molecule has 2 rings (SSSR count). The Morgan fingerprint density at radius 2 is 1.76 bits per heavy atom. The highest BCUT2D eigenvalue weighted by Crippen LogP contribution is 2.25. The van der Waals surface area contributed by atoms with E-state index in [4.69, 9.17) is 0 Å². The quantitative estimate of drug-likeness (QED) is 0.805. The van der Waals surface area contributed by atoms with E-state index in [1.165, 1.54) is 0 Å². The summed E-state index contributed by atoms with van der Waals surface area (Å²) >= 11 is 0. The first-order valence-corrected chi connectivity index (χ1v) is 7.45. The van der Waals surface area contributed by atoms with Gasteiger partial charge in [0.05, 0.1) is 0 Å². The van der Waals surface area contributed by atoms with Crippen LogP contribution < -0.4 is 4.90 Å². The van der Waals surface area contributed by atoms with Crippen LogP contribution in [0.25, 0.3) is 0 Å². The van der Waals surface area contributed by atoms with Crippen molar-refractivity contribution in [2.45, 2.75) is 6.54 Å². The van der Waals surface area contributed by atoms with E-state index in [-0.39, 0.29) is 6.61 Å². The molecule has 0 aliphatic carbocycles. The lowest BCUT2D eigenvalue weighted by atomic mass is 9.97. The van der Waals surface area contributed by atoms with Crippen molar-refractivity contribution in [3.05, 3.63) is 18.0 Å². The third-order valence-electron chi connectivity index (χ3n) is 3.98. The average molecular weight is 293 g/mol. The van der Waals surface area contributed by atoms with Crippen LogP contribution in [0.15, 0.2) is 12.4 Å².